The minimum Gasteiger partial charge on any atom is -0.497 e. The van der Waals surface area contributed by atoms with Crippen LogP contribution in [-0.4, -0.2) is 33.0 Å². The number of hydrogen-bond acceptors (Lipinski definition) is 6. The van der Waals surface area contributed by atoms with Gasteiger partial charge in [-0.3, -0.25) is 14.4 Å². The molecule has 4 aromatic rings. The normalized spacial score (nSPS) is 10.5. The molecule has 1 amide bonds. The molecule has 0 fully saturated rings. The van der Waals surface area contributed by atoms with Crippen molar-refractivity contribution in [3.8, 4) is 28.3 Å². The van der Waals surface area contributed by atoms with Gasteiger partial charge in [-0.15, -0.1) is 0 Å². The SMILES string of the molecule is COc1cccc(-c2ccc(=O)n(CC(=O)Nc3ccc(-c4ccc(=O)[nH]n4)cc3)n2)c1. The van der Waals surface area contributed by atoms with Gasteiger partial charge in [0, 0.05) is 28.9 Å². The molecule has 0 saturated carbocycles. The van der Waals surface area contributed by atoms with Crippen molar-refractivity contribution in [2.45, 2.75) is 6.54 Å². The molecule has 0 unspecified atom stereocenters. The minimum absolute atomic E-state index is 0.236. The Morgan fingerprint density at radius 1 is 0.969 bits per heavy atom. The molecule has 2 heterocycles. The zero-order valence-electron chi connectivity index (χ0n) is 17.1. The largest absolute Gasteiger partial charge is 0.497 e. The third-order valence-corrected chi connectivity index (χ3v) is 4.67. The number of amides is 1. The first-order chi connectivity index (χ1) is 15.5. The number of rotatable bonds is 6. The van der Waals surface area contributed by atoms with E-state index in [-0.39, 0.29) is 17.7 Å². The first-order valence-electron chi connectivity index (χ1n) is 9.70. The second-order valence-electron chi connectivity index (χ2n) is 6.88. The quantitative estimate of drug-likeness (QED) is 0.486. The second-order valence-corrected chi connectivity index (χ2v) is 6.88. The molecular weight excluding hydrogens is 410 g/mol. The molecule has 0 radical (unpaired) electrons. The molecule has 0 aliphatic heterocycles. The van der Waals surface area contributed by atoms with Gasteiger partial charge in [0.15, 0.2) is 0 Å². The van der Waals surface area contributed by atoms with E-state index in [1.54, 1.807) is 49.6 Å². The Hall–Kier alpha value is -4.53. The lowest BCUT2D eigenvalue weighted by Gasteiger charge is -2.09. The van der Waals surface area contributed by atoms with E-state index in [9.17, 15) is 14.4 Å². The molecular formula is C23H19N5O4. The van der Waals surface area contributed by atoms with Crippen molar-refractivity contribution in [2.75, 3.05) is 12.4 Å². The van der Waals surface area contributed by atoms with Gasteiger partial charge in [-0.1, -0.05) is 24.3 Å². The lowest BCUT2D eigenvalue weighted by atomic mass is 10.1. The van der Waals surface area contributed by atoms with Crippen molar-refractivity contribution in [3.05, 3.63) is 93.5 Å². The third-order valence-electron chi connectivity index (χ3n) is 4.67. The number of methoxy groups -OCH3 is 1. The van der Waals surface area contributed by atoms with Crippen LogP contribution in [0.15, 0.2) is 82.4 Å². The summed E-state index contributed by atoms with van der Waals surface area (Å²) in [6.07, 6.45) is 0. The molecule has 4 rings (SSSR count). The fourth-order valence-corrected chi connectivity index (χ4v) is 3.06. The van der Waals surface area contributed by atoms with Crippen molar-refractivity contribution in [3.63, 3.8) is 0 Å². The first-order valence-corrected chi connectivity index (χ1v) is 9.70. The maximum Gasteiger partial charge on any atom is 0.267 e. The van der Waals surface area contributed by atoms with Crippen LogP contribution >= 0.6 is 0 Å². The van der Waals surface area contributed by atoms with E-state index in [0.29, 0.717) is 22.8 Å². The summed E-state index contributed by atoms with van der Waals surface area (Å²) in [6.45, 7) is -0.236. The molecule has 9 heteroatoms. The van der Waals surface area contributed by atoms with E-state index in [4.69, 9.17) is 4.74 Å². The summed E-state index contributed by atoms with van der Waals surface area (Å²) in [5.41, 5.74) is 2.60. The summed E-state index contributed by atoms with van der Waals surface area (Å²) in [6, 6.07) is 20.2. The van der Waals surface area contributed by atoms with Gasteiger partial charge < -0.3 is 10.1 Å². The molecule has 9 nitrogen and oxygen atoms in total. The van der Waals surface area contributed by atoms with Gasteiger partial charge in [-0.2, -0.15) is 10.2 Å². The van der Waals surface area contributed by atoms with Crippen LogP contribution in [0, 0.1) is 0 Å². The fourth-order valence-electron chi connectivity index (χ4n) is 3.06. The number of ether oxygens (including phenoxy) is 1. The van der Waals surface area contributed by atoms with Gasteiger partial charge in [0.25, 0.3) is 11.1 Å². The van der Waals surface area contributed by atoms with E-state index in [1.165, 1.54) is 12.1 Å². The van der Waals surface area contributed by atoms with E-state index < -0.39 is 5.91 Å². The molecule has 2 aromatic carbocycles. The Morgan fingerprint density at radius 2 is 1.75 bits per heavy atom. The van der Waals surface area contributed by atoms with E-state index >= 15 is 0 Å². The summed E-state index contributed by atoms with van der Waals surface area (Å²) >= 11 is 0. The van der Waals surface area contributed by atoms with Crippen LogP contribution in [0.3, 0.4) is 0 Å². The second kappa shape index (κ2) is 9.09. The molecule has 32 heavy (non-hydrogen) atoms. The number of carbonyl (C=O) groups is 1. The molecule has 0 aliphatic rings. The van der Waals surface area contributed by atoms with Crippen LogP contribution in [-0.2, 0) is 11.3 Å². The zero-order chi connectivity index (χ0) is 22.5. The molecule has 2 aromatic heterocycles. The summed E-state index contributed by atoms with van der Waals surface area (Å²) in [4.78, 5) is 35.8. The van der Waals surface area contributed by atoms with Gasteiger partial charge in [-0.25, -0.2) is 9.78 Å². The molecule has 0 aliphatic carbocycles. The van der Waals surface area contributed by atoms with Crippen LogP contribution in [0.5, 0.6) is 5.75 Å². The monoisotopic (exact) mass is 429 g/mol. The molecule has 160 valence electrons. The van der Waals surface area contributed by atoms with Crippen LogP contribution in [0.25, 0.3) is 22.5 Å². The van der Waals surface area contributed by atoms with Gasteiger partial charge >= 0.3 is 0 Å². The lowest BCUT2D eigenvalue weighted by Crippen LogP contribution is -2.29. The molecule has 0 bridgehead atoms. The van der Waals surface area contributed by atoms with Crippen LogP contribution in [0.2, 0.25) is 0 Å². The molecule has 0 saturated heterocycles. The third kappa shape index (κ3) is 4.78. The summed E-state index contributed by atoms with van der Waals surface area (Å²) in [5.74, 6) is 0.276. The number of benzene rings is 2. The maximum atomic E-state index is 12.5. The number of hydrogen-bond donors (Lipinski definition) is 2. The number of carbonyl (C=O) groups excluding carboxylic acids is 1. The van der Waals surface area contributed by atoms with Gasteiger partial charge in [0.2, 0.25) is 5.91 Å². The highest BCUT2D eigenvalue weighted by Crippen LogP contribution is 2.21. The number of aromatic amines is 1. The van der Waals surface area contributed by atoms with Crippen molar-refractivity contribution in [1.29, 1.82) is 0 Å². The molecule has 0 spiro atoms. The number of H-pyrrole nitrogens is 1. The number of aromatic nitrogens is 4. The van der Waals surface area contributed by atoms with Gasteiger partial charge in [0.05, 0.1) is 18.5 Å². The maximum absolute atomic E-state index is 12.5. The van der Waals surface area contributed by atoms with Crippen molar-refractivity contribution < 1.29 is 9.53 Å². The zero-order valence-corrected chi connectivity index (χ0v) is 17.1. The van der Waals surface area contributed by atoms with Crippen LogP contribution < -0.4 is 21.2 Å². The highest BCUT2D eigenvalue weighted by atomic mass is 16.5. The Balaban J connectivity index is 1.47. The molecule has 0 atom stereocenters. The summed E-state index contributed by atoms with van der Waals surface area (Å²) in [7, 11) is 1.57. The lowest BCUT2D eigenvalue weighted by molar-refractivity contribution is -0.117. The van der Waals surface area contributed by atoms with Crippen LogP contribution in [0.1, 0.15) is 0 Å². The Morgan fingerprint density at radius 3 is 2.47 bits per heavy atom. The smallest absolute Gasteiger partial charge is 0.267 e. The van der Waals surface area contributed by atoms with Crippen molar-refractivity contribution in [1.82, 2.24) is 20.0 Å². The van der Waals surface area contributed by atoms with Crippen molar-refractivity contribution in [2.24, 2.45) is 0 Å². The van der Waals surface area contributed by atoms with E-state index in [2.05, 4.69) is 20.6 Å². The Labute approximate surface area is 182 Å². The Bertz CT molecular complexity index is 1360. The van der Waals surface area contributed by atoms with E-state index in [1.807, 2.05) is 18.2 Å². The standard InChI is InChI=1S/C23H19N5O4/c1-32-18-4-2-3-16(13-18)20-10-12-23(31)28(27-20)14-22(30)24-17-7-5-15(6-8-17)19-9-11-21(29)26-25-19/h2-13H,14H2,1H3,(H,24,30)(H,26,29). The first kappa shape index (κ1) is 20.7. The summed E-state index contributed by atoms with van der Waals surface area (Å²) in [5, 5.41) is 13.4. The number of nitrogens with one attached hydrogen (secondary N) is 2. The number of nitrogens with zero attached hydrogens (tertiary/aromatic N) is 3. The van der Waals surface area contributed by atoms with Crippen LogP contribution in [0.4, 0.5) is 5.69 Å². The molecule has 2 N–H and O–H groups in total. The topological polar surface area (TPSA) is 119 Å². The Kier molecular flexibility index (Phi) is 5.89. The van der Waals surface area contributed by atoms with Crippen molar-refractivity contribution >= 4 is 11.6 Å². The fraction of sp³-hybridized carbons (Fsp3) is 0.0870. The highest BCUT2D eigenvalue weighted by Gasteiger charge is 2.10. The average Bonchev–Trinajstić information content (AvgIpc) is 2.81. The predicted octanol–water partition coefficient (Wildman–Crippen LogP) is 2.31. The van der Waals surface area contributed by atoms with E-state index in [0.717, 1.165) is 15.8 Å². The van der Waals surface area contributed by atoms with Gasteiger partial charge in [0.1, 0.15) is 12.3 Å². The predicted molar refractivity (Wildman–Crippen MR) is 119 cm³/mol. The average molecular weight is 429 g/mol. The van der Waals surface area contributed by atoms with Gasteiger partial charge in [-0.05, 0) is 36.4 Å². The minimum atomic E-state index is -0.391. The summed E-state index contributed by atoms with van der Waals surface area (Å²) < 4.78 is 6.34. The highest BCUT2D eigenvalue weighted by molar-refractivity contribution is 5.90. The number of anilines is 1.